The molecule has 180 valence electrons. The summed E-state index contributed by atoms with van der Waals surface area (Å²) in [5.74, 6) is 0.191. The molecule has 0 atom stereocenters. The van der Waals surface area contributed by atoms with Crippen molar-refractivity contribution in [2.24, 2.45) is 0 Å². The van der Waals surface area contributed by atoms with Crippen molar-refractivity contribution in [3.63, 3.8) is 0 Å². The molecule has 0 aliphatic carbocycles. The SMILES string of the molecule is O=C(COc1ccccc1Cc1ccccc1)Nc1nc2cc(S(=O)(=O)N3CCCC3)ccc2o1. The third-order valence-corrected chi connectivity index (χ3v) is 7.77. The largest absolute Gasteiger partial charge is 0.483 e. The highest BCUT2D eigenvalue weighted by atomic mass is 32.2. The van der Waals surface area contributed by atoms with E-state index < -0.39 is 15.9 Å². The number of anilines is 1. The molecule has 0 bridgehead atoms. The van der Waals surface area contributed by atoms with Gasteiger partial charge in [-0.25, -0.2) is 8.42 Å². The van der Waals surface area contributed by atoms with Gasteiger partial charge in [0.05, 0.1) is 4.90 Å². The fraction of sp³-hybridized carbons (Fsp3) is 0.231. The van der Waals surface area contributed by atoms with E-state index in [1.54, 1.807) is 6.07 Å². The van der Waals surface area contributed by atoms with Gasteiger partial charge in [0, 0.05) is 19.5 Å². The third kappa shape index (κ3) is 5.21. The fourth-order valence-corrected chi connectivity index (χ4v) is 5.64. The minimum atomic E-state index is -3.57. The van der Waals surface area contributed by atoms with Crippen LogP contribution in [0.15, 0.2) is 82.1 Å². The van der Waals surface area contributed by atoms with E-state index in [9.17, 15) is 13.2 Å². The first-order chi connectivity index (χ1) is 17.0. The van der Waals surface area contributed by atoms with Gasteiger partial charge in [-0.15, -0.1) is 0 Å². The predicted molar refractivity (Wildman–Crippen MR) is 132 cm³/mol. The lowest BCUT2D eigenvalue weighted by Gasteiger charge is -2.14. The van der Waals surface area contributed by atoms with E-state index in [4.69, 9.17) is 9.15 Å². The van der Waals surface area contributed by atoms with Crippen molar-refractivity contribution < 1.29 is 22.4 Å². The lowest BCUT2D eigenvalue weighted by atomic mass is 10.0. The molecule has 1 amide bonds. The highest BCUT2D eigenvalue weighted by Gasteiger charge is 2.27. The standard InChI is InChI=1S/C26H25N3O5S/c30-25(18-33-23-11-5-4-10-20(23)16-19-8-2-1-3-9-19)28-26-27-22-17-21(12-13-24(22)34-26)35(31,32)29-14-6-7-15-29/h1-5,8-13,17H,6-7,14-16,18H2,(H,27,28,30). The summed E-state index contributed by atoms with van der Waals surface area (Å²) >= 11 is 0. The number of carbonyl (C=O) groups is 1. The zero-order chi connectivity index (χ0) is 24.3. The third-order valence-electron chi connectivity index (χ3n) is 5.88. The van der Waals surface area contributed by atoms with Crippen molar-refractivity contribution in [1.29, 1.82) is 0 Å². The van der Waals surface area contributed by atoms with Gasteiger partial charge in [0.15, 0.2) is 12.2 Å². The molecule has 3 aromatic carbocycles. The number of aromatic nitrogens is 1. The second kappa shape index (κ2) is 9.89. The Bertz CT molecular complexity index is 1440. The number of hydrogen-bond acceptors (Lipinski definition) is 6. The Hall–Kier alpha value is -3.69. The highest BCUT2D eigenvalue weighted by molar-refractivity contribution is 7.89. The summed E-state index contributed by atoms with van der Waals surface area (Å²) in [6, 6.07) is 22.1. The van der Waals surface area contributed by atoms with Crippen LogP contribution < -0.4 is 10.1 Å². The van der Waals surface area contributed by atoms with E-state index in [0.29, 0.717) is 36.4 Å². The van der Waals surface area contributed by atoms with Crippen LogP contribution in [0.3, 0.4) is 0 Å². The van der Waals surface area contributed by atoms with E-state index in [1.807, 2.05) is 54.6 Å². The van der Waals surface area contributed by atoms with Gasteiger partial charge in [-0.1, -0.05) is 48.5 Å². The van der Waals surface area contributed by atoms with Gasteiger partial charge in [0.2, 0.25) is 10.0 Å². The maximum Gasteiger partial charge on any atom is 0.302 e. The zero-order valence-electron chi connectivity index (χ0n) is 19.0. The molecule has 1 aromatic heterocycles. The van der Waals surface area contributed by atoms with Crippen molar-refractivity contribution in [2.75, 3.05) is 25.0 Å². The van der Waals surface area contributed by atoms with Crippen LogP contribution in [0.5, 0.6) is 5.75 Å². The van der Waals surface area contributed by atoms with E-state index in [0.717, 1.165) is 24.0 Å². The van der Waals surface area contributed by atoms with Gasteiger partial charge in [-0.2, -0.15) is 9.29 Å². The number of ether oxygens (including phenoxy) is 1. The van der Waals surface area contributed by atoms with Gasteiger partial charge in [-0.05, 0) is 48.2 Å². The summed E-state index contributed by atoms with van der Waals surface area (Å²) in [5.41, 5.74) is 2.86. The normalized spacial score (nSPS) is 14.3. The van der Waals surface area contributed by atoms with Crippen molar-refractivity contribution in [3.05, 3.63) is 83.9 Å². The Balaban J connectivity index is 1.24. The predicted octanol–water partition coefficient (Wildman–Crippen LogP) is 4.22. The van der Waals surface area contributed by atoms with Gasteiger partial charge in [-0.3, -0.25) is 10.1 Å². The molecule has 0 saturated carbocycles. The number of rotatable bonds is 8. The molecule has 35 heavy (non-hydrogen) atoms. The quantitative estimate of drug-likeness (QED) is 0.396. The molecule has 8 nitrogen and oxygen atoms in total. The molecule has 1 aliphatic heterocycles. The number of carbonyl (C=O) groups excluding carboxylic acids is 1. The Morgan fingerprint density at radius 2 is 1.74 bits per heavy atom. The topological polar surface area (TPSA) is 102 Å². The van der Waals surface area contributed by atoms with Gasteiger partial charge in [0.25, 0.3) is 5.91 Å². The first-order valence-corrected chi connectivity index (χ1v) is 12.9. The number of fused-ring (bicyclic) bond motifs is 1. The van der Waals surface area contributed by atoms with Crippen LogP contribution in [0.2, 0.25) is 0 Å². The second-order valence-corrected chi connectivity index (χ2v) is 10.3. The summed E-state index contributed by atoms with van der Waals surface area (Å²) in [5, 5.41) is 2.58. The molecule has 1 fully saturated rings. The van der Waals surface area contributed by atoms with E-state index in [-0.39, 0.29) is 17.5 Å². The van der Waals surface area contributed by atoms with Gasteiger partial charge < -0.3 is 9.15 Å². The molecule has 1 aliphatic rings. The fourth-order valence-electron chi connectivity index (χ4n) is 4.10. The van der Waals surface area contributed by atoms with Gasteiger partial charge >= 0.3 is 6.01 Å². The second-order valence-electron chi connectivity index (χ2n) is 8.37. The van der Waals surface area contributed by atoms with Gasteiger partial charge in [0.1, 0.15) is 11.3 Å². The summed E-state index contributed by atoms with van der Waals surface area (Å²) in [7, 11) is -3.57. The van der Waals surface area contributed by atoms with Crippen LogP contribution in [0.1, 0.15) is 24.0 Å². The molecule has 0 spiro atoms. The van der Waals surface area contributed by atoms with Crippen LogP contribution in [-0.4, -0.2) is 43.3 Å². The molecule has 0 radical (unpaired) electrons. The number of amides is 1. The maximum absolute atomic E-state index is 12.8. The summed E-state index contributed by atoms with van der Waals surface area (Å²) < 4.78 is 38.4. The Morgan fingerprint density at radius 1 is 1.00 bits per heavy atom. The van der Waals surface area contributed by atoms with Crippen molar-refractivity contribution in [3.8, 4) is 5.75 Å². The van der Waals surface area contributed by atoms with Crippen LogP contribution in [0, 0.1) is 0 Å². The first-order valence-electron chi connectivity index (χ1n) is 11.4. The minimum Gasteiger partial charge on any atom is -0.483 e. The molecule has 0 unspecified atom stereocenters. The van der Waals surface area contributed by atoms with Crippen molar-refractivity contribution in [1.82, 2.24) is 9.29 Å². The molecule has 5 rings (SSSR count). The van der Waals surface area contributed by atoms with Crippen LogP contribution >= 0.6 is 0 Å². The number of oxazole rings is 1. The average Bonchev–Trinajstić information content (AvgIpc) is 3.54. The number of nitrogens with zero attached hydrogens (tertiary/aromatic N) is 2. The molecular weight excluding hydrogens is 466 g/mol. The number of para-hydroxylation sites is 1. The smallest absolute Gasteiger partial charge is 0.302 e. The Morgan fingerprint density at radius 3 is 2.54 bits per heavy atom. The number of hydrogen-bond donors (Lipinski definition) is 1. The monoisotopic (exact) mass is 491 g/mol. The average molecular weight is 492 g/mol. The molecule has 1 N–H and O–H groups in total. The Kier molecular flexibility index (Phi) is 6.52. The summed E-state index contributed by atoms with van der Waals surface area (Å²) in [6.45, 7) is 0.822. The summed E-state index contributed by atoms with van der Waals surface area (Å²) in [6.07, 6.45) is 2.41. The van der Waals surface area contributed by atoms with E-state index in [2.05, 4.69) is 10.3 Å². The lowest BCUT2D eigenvalue weighted by molar-refractivity contribution is -0.118. The van der Waals surface area contributed by atoms with E-state index >= 15 is 0 Å². The summed E-state index contributed by atoms with van der Waals surface area (Å²) in [4.78, 5) is 16.9. The maximum atomic E-state index is 12.8. The zero-order valence-corrected chi connectivity index (χ0v) is 19.8. The number of nitrogens with one attached hydrogen (secondary N) is 1. The first kappa shape index (κ1) is 23.1. The van der Waals surface area contributed by atoms with Crippen LogP contribution in [0.4, 0.5) is 6.01 Å². The molecule has 1 saturated heterocycles. The Labute approximate surface area is 203 Å². The highest BCUT2D eigenvalue weighted by Crippen LogP contribution is 2.26. The van der Waals surface area contributed by atoms with E-state index in [1.165, 1.54) is 16.4 Å². The lowest BCUT2D eigenvalue weighted by Crippen LogP contribution is -2.27. The van der Waals surface area contributed by atoms with Crippen LogP contribution in [0.25, 0.3) is 11.1 Å². The molecule has 9 heteroatoms. The minimum absolute atomic E-state index is 0.0121. The van der Waals surface area contributed by atoms with Crippen molar-refractivity contribution >= 4 is 33.0 Å². The van der Waals surface area contributed by atoms with Crippen molar-refractivity contribution in [2.45, 2.75) is 24.2 Å². The number of benzene rings is 3. The number of sulfonamides is 1. The molecular formula is C26H25N3O5S. The molecule has 2 heterocycles. The molecule has 4 aromatic rings. The van der Waals surface area contributed by atoms with Crippen LogP contribution in [-0.2, 0) is 21.2 Å².